The number of carbonyl (C=O) groups is 9. The Labute approximate surface area is 353 Å². The molecule has 2 aromatic rings. The molecule has 8 atom stereocenters. The van der Waals surface area contributed by atoms with Crippen LogP contribution in [0.1, 0.15) is 72.1 Å². The number of carbonyl (C=O) groups excluding carboxylic acids is 8. The Morgan fingerprint density at radius 1 is 0.738 bits per heavy atom. The summed E-state index contributed by atoms with van der Waals surface area (Å²) in [5, 5.41) is 26.9. The lowest BCUT2D eigenvalue weighted by Crippen LogP contribution is -2.59. The summed E-state index contributed by atoms with van der Waals surface area (Å²) in [7, 11) is 0. The SMILES string of the molecule is CC(C)C[C@H](NC(=O)[C@H](C)NC(=O)[C@H](C)NC(=O)[C@H](C)NC(=O)[C@H](Cc1cnc[nH]1)NC(=O)[C@H](C)NC(=O)[C@@H]1CCCN1C(=O)CNC(=O)[C@@H](N)Cc1ccccc1)C(=O)O. The molecule has 8 amide bonds. The molecule has 0 radical (unpaired) electrons. The Hall–Kier alpha value is -6.38. The zero-order chi connectivity index (χ0) is 45.4. The average Bonchev–Trinajstić information content (AvgIpc) is 3.92. The third-order valence-electron chi connectivity index (χ3n) is 9.87. The minimum absolute atomic E-state index is 0.0169. The lowest BCUT2D eigenvalue weighted by molar-refractivity contribution is -0.142. The van der Waals surface area contributed by atoms with E-state index in [2.05, 4.69) is 47.2 Å². The molecule has 1 aliphatic rings. The van der Waals surface area contributed by atoms with E-state index in [-0.39, 0.29) is 38.3 Å². The van der Waals surface area contributed by atoms with Crippen LogP contribution < -0.4 is 43.0 Å². The maximum absolute atomic E-state index is 13.5. The van der Waals surface area contributed by atoms with Crippen molar-refractivity contribution in [1.29, 1.82) is 0 Å². The van der Waals surface area contributed by atoms with Crippen LogP contribution in [0.4, 0.5) is 0 Å². The van der Waals surface area contributed by atoms with E-state index >= 15 is 0 Å². The minimum Gasteiger partial charge on any atom is -0.480 e. The second-order valence-corrected chi connectivity index (χ2v) is 15.6. The quantitative estimate of drug-likeness (QED) is 0.0601. The Kier molecular flexibility index (Phi) is 18.8. The van der Waals surface area contributed by atoms with E-state index in [0.29, 0.717) is 18.5 Å². The van der Waals surface area contributed by atoms with Crippen molar-refractivity contribution in [3.8, 4) is 0 Å². The van der Waals surface area contributed by atoms with Crippen LogP contribution in [0.5, 0.6) is 0 Å². The van der Waals surface area contributed by atoms with Crippen molar-refractivity contribution in [2.75, 3.05) is 13.1 Å². The van der Waals surface area contributed by atoms with Crippen molar-refractivity contribution in [2.24, 2.45) is 11.7 Å². The highest BCUT2D eigenvalue weighted by Gasteiger charge is 2.36. The third-order valence-corrected chi connectivity index (χ3v) is 9.87. The summed E-state index contributed by atoms with van der Waals surface area (Å²) in [5.41, 5.74) is 7.35. The van der Waals surface area contributed by atoms with Gasteiger partial charge >= 0.3 is 5.97 Å². The van der Waals surface area contributed by atoms with Crippen LogP contribution in [0.15, 0.2) is 42.9 Å². The lowest BCUT2D eigenvalue weighted by Gasteiger charge is -2.27. The number of hydrogen-bond donors (Lipinski definition) is 10. The molecule has 0 spiro atoms. The molecule has 1 fully saturated rings. The molecule has 1 aromatic carbocycles. The van der Waals surface area contributed by atoms with Crippen molar-refractivity contribution in [2.45, 2.75) is 122 Å². The smallest absolute Gasteiger partial charge is 0.326 e. The Morgan fingerprint density at radius 3 is 1.82 bits per heavy atom. The number of nitrogens with zero attached hydrogens (tertiary/aromatic N) is 2. The maximum Gasteiger partial charge on any atom is 0.326 e. The first-order valence-electron chi connectivity index (χ1n) is 20.2. The summed E-state index contributed by atoms with van der Waals surface area (Å²) >= 11 is 0. The van der Waals surface area contributed by atoms with Gasteiger partial charge in [-0.15, -0.1) is 0 Å². The number of rotatable bonds is 22. The monoisotopic (exact) mass is 853 g/mol. The zero-order valence-corrected chi connectivity index (χ0v) is 35.3. The molecule has 3 rings (SSSR count). The molecular formula is C40H59N11O10. The first-order valence-corrected chi connectivity index (χ1v) is 20.2. The van der Waals surface area contributed by atoms with Gasteiger partial charge in [-0.05, 0) is 64.9 Å². The van der Waals surface area contributed by atoms with Crippen LogP contribution >= 0.6 is 0 Å². The van der Waals surface area contributed by atoms with E-state index in [1.165, 1.54) is 45.1 Å². The Balaban J connectivity index is 1.53. The highest BCUT2D eigenvalue weighted by atomic mass is 16.4. The van der Waals surface area contributed by atoms with Crippen molar-refractivity contribution in [1.82, 2.24) is 52.1 Å². The van der Waals surface area contributed by atoms with Gasteiger partial charge in [0.2, 0.25) is 47.3 Å². The summed E-state index contributed by atoms with van der Waals surface area (Å²) in [4.78, 5) is 124. The number of nitrogens with one attached hydrogen (secondary N) is 8. The standard InChI is InChI=1S/C40H59N11O10/c1-21(2)15-30(40(60)61)50-36(56)24(5)46-33(53)22(3)45-34(54)23(4)47-38(58)29(17-27-18-42-20-44-27)49-35(55)25(6)48-39(59)31-13-10-14-51(31)32(52)19-43-37(57)28(41)16-26-11-8-7-9-12-26/h7-9,11-12,18,20-25,28-31H,10,13-17,19,41H2,1-6H3,(H,42,44)(H,43,57)(H,45,54)(H,46,53)(H,47,58)(H,48,59)(H,49,55)(H,50,56)(H,60,61)/t22-,23-,24-,25-,28-,29-,30-,31-/m0/s1. The van der Waals surface area contributed by atoms with Gasteiger partial charge in [-0.1, -0.05) is 44.2 Å². The molecule has 1 aromatic heterocycles. The number of hydrogen-bond acceptors (Lipinski definition) is 11. The van der Waals surface area contributed by atoms with Crippen molar-refractivity contribution >= 4 is 53.2 Å². The van der Waals surface area contributed by atoms with Gasteiger partial charge in [0.15, 0.2) is 0 Å². The molecule has 11 N–H and O–H groups in total. The Morgan fingerprint density at radius 2 is 1.28 bits per heavy atom. The lowest BCUT2D eigenvalue weighted by atomic mass is 10.0. The average molecular weight is 854 g/mol. The fourth-order valence-corrected chi connectivity index (χ4v) is 6.37. The number of nitrogens with two attached hydrogens (primary N) is 1. The number of aromatic nitrogens is 2. The van der Waals surface area contributed by atoms with Gasteiger partial charge in [-0.25, -0.2) is 9.78 Å². The number of carboxylic acids is 1. The molecular weight excluding hydrogens is 795 g/mol. The first-order chi connectivity index (χ1) is 28.8. The van der Waals surface area contributed by atoms with E-state index in [4.69, 9.17) is 5.73 Å². The highest BCUT2D eigenvalue weighted by molar-refractivity contribution is 5.97. The molecule has 21 nitrogen and oxygen atoms in total. The van der Waals surface area contributed by atoms with Gasteiger partial charge in [-0.2, -0.15) is 0 Å². The molecule has 1 aliphatic heterocycles. The first kappa shape index (κ1) is 49.0. The highest BCUT2D eigenvalue weighted by Crippen LogP contribution is 2.18. The summed E-state index contributed by atoms with van der Waals surface area (Å²) in [6.07, 6.45) is 4.01. The minimum atomic E-state index is -1.27. The van der Waals surface area contributed by atoms with E-state index in [1.54, 1.807) is 13.8 Å². The number of H-pyrrole nitrogens is 1. The van der Waals surface area contributed by atoms with Crippen LogP contribution in [-0.2, 0) is 56.0 Å². The van der Waals surface area contributed by atoms with Crippen LogP contribution in [0.2, 0.25) is 0 Å². The fraction of sp³-hybridized carbons (Fsp3) is 0.550. The summed E-state index contributed by atoms with van der Waals surface area (Å²) < 4.78 is 0. The third kappa shape index (κ3) is 15.6. The maximum atomic E-state index is 13.5. The predicted molar refractivity (Wildman–Crippen MR) is 220 cm³/mol. The van der Waals surface area contributed by atoms with E-state index in [0.717, 1.165) is 5.56 Å². The predicted octanol–water partition coefficient (Wildman–Crippen LogP) is -2.25. The second-order valence-electron chi connectivity index (χ2n) is 15.6. The summed E-state index contributed by atoms with van der Waals surface area (Å²) in [6.45, 7) is 8.95. The van der Waals surface area contributed by atoms with Crippen molar-refractivity contribution < 1.29 is 48.3 Å². The normalized spacial score (nSPS) is 17.0. The van der Waals surface area contributed by atoms with Gasteiger partial charge in [0.05, 0.1) is 18.9 Å². The Bertz CT molecular complexity index is 1860. The number of likely N-dealkylation sites (tertiary alicyclic amines) is 1. The topological polar surface area (TPSA) is 316 Å². The molecule has 1 saturated heterocycles. The molecule has 61 heavy (non-hydrogen) atoms. The van der Waals surface area contributed by atoms with E-state index in [1.807, 2.05) is 30.3 Å². The van der Waals surface area contributed by atoms with Gasteiger partial charge in [-0.3, -0.25) is 38.4 Å². The summed E-state index contributed by atoms with van der Waals surface area (Å²) in [6, 6.07) is 0.249. The molecule has 0 unspecified atom stereocenters. The van der Waals surface area contributed by atoms with E-state index in [9.17, 15) is 48.3 Å². The fourth-order valence-electron chi connectivity index (χ4n) is 6.37. The zero-order valence-electron chi connectivity index (χ0n) is 35.3. The van der Waals surface area contributed by atoms with Gasteiger partial charge < -0.3 is 57.9 Å². The molecule has 2 heterocycles. The number of benzene rings is 1. The number of aliphatic carboxylic acids is 1. The molecule has 334 valence electrons. The summed E-state index contributed by atoms with van der Waals surface area (Å²) in [5.74, 6) is -6.63. The van der Waals surface area contributed by atoms with Crippen LogP contribution in [0.3, 0.4) is 0 Å². The van der Waals surface area contributed by atoms with E-state index < -0.39 is 102 Å². The molecule has 0 aliphatic carbocycles. The van der Waals surface area contributed by atoms with Crippen LogP contribution in [0.25, 0.3) is 0 Å². The second kappa shape index (κ2) is 23.4. The van der Waals surface area contributed by atoms with Gasteiger partial charge in [0.1, 0.15) is 42.3 Å². The van der Waals surface area contributed by atoms with Crippen molar-refractivity contribution in [3.63, 3.8) is 0 Å². The van der Waals surface area contributed by atoms with Crippen LogP contribution in [-0.4, -0.2) is 135 Å². The van der Waals surface area contributed by atoms with Crippen LogP contribution in [0, 0.1) is 5.92 Å². The molecule has 0 bridgehead atoms. The van der Waals surface area contributed by atoms with Gasteiger partial charge in [0.25, 0.3) is 0 Å². The molecule has 0 saturated carbocycles. The largest absolute Gasteiger partial charge is 0.480 e. The van der Waals surface area contributed by atoms with Gasteiger partial charge in [0, 0.05) is 24.9 Å². The number of amides is 8. The number of carboxylic acid groups (broad SMARTS) is 1. The number of imidazole rings is 1. The molecule has 21 heteroatoms. The van der Waals surface area contributed by atoms with Crippen molar-refractivity contribution in [3.05, 3.63) is 54.1 Å². The number of aromatic amines is 1.